The summed E-state index contributed by atoms with van der Waals surface area (Å²) in [5.74, 6) is 0.00653. The van der Waals surface area contributed by atoms with Crippen LogP contribution < -0.4 is 5.73 Å². The van der Waals surface area contributed by atoms with Crippen molar-refractivity contribution in [1.29, 1.82) is 0 Å². The van der Waals surface area contributed by atoms with Gasteiger partial charge in [-0.2, -0.15) is 0 Å². The van der Waals surface area contributed by atoms with Gasteiger partial charge in [-0.1, -0.05) is 6.07 Å². The van der Waals surface area contributed by atoms with Gasteiger partial charge in [-0.25, -0.2) is 0 Å². The fourth-order valence-electron chi connectivity index (χ4n) is 0.977. The van der Waals surface area contributed by atoms with Crippen LogP contribution in [0.5, 0.6) is 0 Å². The maximum Gasteiger partial charge on any atom is 0.189 e. The van der Waals surface area contributed by atoms with E-state index in [1.807, 2.05) is 11.4 Å². The zero-order valence-corrected chi connectivity index (χ0v) is 8.34. The van der Waals surface area contributed by atoms with Gasteiger partial charge >= 0.3 is 0 Å². The Morgan fingerprint density at radius 3 is 3.08 bits per heavy atom. The lowest BCUT2D eigenvalue weighted by molar-refractivity contribution is 0.0939. The Bertz CT molecular complexity index is 259. The van der Waals surface area contributed by atoms with Crippen LogP contribution in [0.2, 0.25) is 0 Å². The standard InChI is InChI=1S/C9H13NO2S/c1-12-5-4-7(10)9(11)8-3-2-6-13-8/h2-3,6-7H,4-5,10H2,1H3. The average molecular weight is 199 g/mol. The van der Waals surface area contributed by atoms with Crippen LogP contribution in [-0.2, 0) is 4.74 Å². The van der Waals surface area contributed by atoms with E-state index in [0.717, 1.165) is 4.88 Å². The molecular formula is C9H13NO2S. The van der Waals surface area contributed by atoms with Crippen molar-refractivity contribution in [3.63, 3.8) is 0 Å². The lowest BCUT2D eigenvalue weighted by Gasteiger charge is -2.07. The molecule has 0 fully saturated rings. The van der Waals surface area contributed by atoms with Crippen molar-refractivity contribution >= 4 is 17.1 Å². The van der Waals surface area contributed by atoms with Gasteiger partial charge in [0.2, 0.25) is 0 Å². The highest BCUT2D eigenvalue weighted by Crippen LogP contribution is 2.11. The number of thiophene rings is 1. The van der Waals surface area contributed by atoms with Crippen molar-refractivity contribution in [3.8, 4) is 0 Å². The first-order chi connectivity index (χ1) is 6.25. The number of rotatable bonds is 5. The Morgan fingerprint density at radius 2 is 2.54 bits per heavy atom. The molecule has 2 N–H and O–H groups in total. The summed E-state index contributed by atoms with van der Waals surface area (Å²) in [7, 11) is 1.60. The zero-order valence-electron chi connectivity index (χ0n) is 7.53. The van der Waals surface area contributed by atoms with E-state index in [9.17, 15) is 4.79 Å². The van der Waals surface area contributed by atoms with Crippen LogP contribution in [0.4, 0.5) is 0 Å². The van der Waals surface area contributed by atoms with Gasteiger partial charge in [-0.05, 0) is 17.9 Å². The molecule has 72 valence electrons. The number of ketones is 1. The third-order valence-corrected chi connectivity index (χ3v) is 2.62. The fourth-order valence-corrected chi connectivity index (χ4v) is 1.71. The summed E-state index contributed by atoms with van der Waals surface area (Å²) in [4.78, 5) is 12.3. The van der Waals surface area contributed by atoms with Crippen molar-refractivity contribution in [2.24, 2.45) is 5.73 Å². The summed E-state index contributed by atoms with van der Waals surface area (Å²) in [5, 5.41) is 1.87. The number of nitrogens with two attached hydrogens (primary N) is 1. The normalized spacial score (nSPS) is 12.8. The molecule has 0 aliphatic carbocycles. The van der Waals surface area contributed by atoms with Gasteiger partial charge in [0.1, 0.15) is 0 Å². The van der Waals surface area contributed by atoms with Crippen molar-refractivity contribution in [3.05, 3.63) is 22.4 Å². The van der Waals surface area contributed by atoms with Crippen LogP contribution in [0.25, 0.3) is 0 Å². The summed E-state index contributed by atoms with van der Waals surface area (Å²) in [6.07, 6.45) is 0.577. The van der Waals surface area contributed by atoms with Crippen molar-refractivity contribution in [1.82, 2.24) is 0 Å². The van der Waals surface area contributed by atoms with Crippen LogP contribution in [0.15, 0.2) is 17.5 Å². The van der Waals surface area contributed by atoms with E-state index in [2.05, 4.69) is 0 Å². The molecule has 1 aromatic heterocycles. The molecule has 0 aliphatic rings. The van der Waals surface area contributed by atoms with E-state index >= 15 is 0 Å². The second-order valence-corrected chi connectivity index (χ2v) is 3.68. The van der Waals surface area contributed by atoms with Gasteiger partial charge in [-0.15, -0.1) is 11.3 Å². The van der Waals surface area contributed by atoms with Crippen LogP contribution in [0.1, 0.15) is 16.1 Å². The lowest BCUT2D eigenvalue weighted by Crippen LogP contribution is -2.31. The second-order valence-electron chi connectivity index (χ2n) is 2.73. The Hall–Kier alpha value is -0.710. The molecule has 1 heterocycles. The highest BCUT2D eigenvalue weighted by atomic mass is 32.1. The highest BCUT2D eigenvalue weighted by Gasteiger charge is 2.15. The monoisotopic (exact) mass is 199 g/mol. The van der Waals surface area contributed by atoms with E-state index < -0.39 is 6.04 Å². The molecule has 1 aromatic rings. The molecule has 0 aliphatic heterocycles. The molecule has 0 amide bonds. The third kappa shape index (κ3) is 2.91. The van der Waals surface area contributed by atoms with Crippen LogP contribution in [-0.4, -0.2) is 25.5 Å². The quantitative estimate of drug-likeness (QED) is 0.727. The Morgan fingerprint density at radius 1 is 1.77 bits per heavy atom. The van der Waals surface area contributed by atoms with Crippen LogP contribution in [0.3, 0.4) is 0 Å². The number of Topliss-reactive ketones (excluding diaryl/α,β-unsaturated/α-hetero) is 1. The molecule has 13 heavy (non-hydrogen) atoms. The number of carbonyl (C=O) groups excluding carboxylic acids is 1. The molecule has 0 bridgehead atoms. The Labute approximate surface area is 81.5 Å². The molecule has 0 spiro atoms. The molecule has 1 atom stereocenters. The minimum atomic E-state index is -0.432. The van der Waals surface area contributed by atoms with Gasteiger partial charge in [0.05, 0.1) is 10.9 Å². The molecule has 1 unspecified atom stereocenters. The summed E-state index contributed by atoms with van der Waals surface area (Å²) in [6, 6.07) is 3.21. The van der Waals surface area contributed by atoms with Crippen LogP contribution >= 0.6 is 11.3 Å². The molecule has 1 rings (SSSR count). The van der Waals surface area contributed by atoms with Gasteiger partial charge in [-0.3, -0.25) is 4.79 Å². The number of methoxy groups -OCH3 is 1. The topological polar surface area (TPSA) is 52.3 Å². The summed E-state index contributed by atoms with van der Waals surface area (Å²) >= 11 is 1.42. The first-order valence-corrected chi connectivity index (χ1v) is 4.96. The maximum absolute atomic E-state index is 11.5. The summed E-state index contributed by atoms with van der Waals surface area (Å²) in [5.41, 5.74) is 5.67. The second kappa shape index (κ2) is 5.11. The molecule has 0 saturated heterocycles. The van der Waals surface area contributed by atoms with E-state index in [0.29, 0.717) is 13.0 Å². The van der Waals surface area contributed by atoms with Crippen molar-refractivity contribution in [2.75, 3.05) is 13.7 Å². The Balaban J connectivity index is 2.48. The Kier molecular flexibility index (Phi) is 4.08. The molecule has 0 saturated carbocycles. The molecular weight excluding hydrogens is 186 g/mol. The first-order valence-electron chi connectivity index (χ1n) is 4.08. The third-order valence-electron chi connectivity index (χ3n) is 1.73. The SMILES string of the molecule is COCCC(N)C(=O)c1cccs1. The van der Waals surface area contributed by atoms with Crippen molar-refractivity contribution < 1.29 is 9.53 Å². The van der Waals surface area contributed by atoms with Crippen LogP contribution in [0, 0.1) is 0 Å². The predicted molar refractivity (Wildman–Crippen MR) is 53.1 cm³/mol. The minimum absolute atomic E-state index is 0.00653. The molecule has 3 nitrogen and oxygen atoms in total. The largest absolute Gasteiger partial charge is 0.385 e. The summed E-state index contributed by atoms with van der Waals surface area (Å²) < 4.78 is 4.85. The lowest BCUT2D eigenvalue weighted by atomic mass is 10.1. The number of ether oxygens (including phenoxy) is 1. The molecule has 0 radical (unpaired) electrons. The molecule has 0 aromatic carbocycles. The maximum atomic E-state index is 11.5. The smallest absolute Gasteiger partial charge is 0.189 e. The number of hydrogen-bond acceptors (Lipinski definition) is 4. The average Bonchev–Trinajstić information content (AvgIpc) is 2.65. The van der Waals surface area contributed by atoms with Gasteiger partial charge in [0, 0.05) is 13.7 Å². The number of hydrogen-bond donors (Lipinski definition) is 1. The fraction of sp³-hybridized carbons (Fsp3) is 0.444. The van der Waals surface area contributed by atoms with E-state index in [1.165, 1.54) is 11.3 Å². The van der Waals surface area contributed by atoms with E-state index in [4.69, 9.17) is 10.5 Å². The van der Waals surface area contributed by atoms with E-state index in [-0.39, 0.29) is 5.78 Å². The van der Waals surface area contributed by atoms with Gasteiger partial charge < -0.3 is 10.5 Å². The molecule has 4 heteroatoms. The minimum Gasteiger partial charge on any atom is -0.385 e. The van der Waals surface area contributed by atoms with Gasteiger partial charge in [0.25, 0.3) is 0 Å². The first kappa shape index (κ1) is 10.4. The number of carbonyl (C=O) groups is 1. The van der Waals surface area contributed by atoms with Gasteiger partial charge in [0.15, 0.2) is 5.78 Å². The zero-order chi connectivity index (χ0) is 9.68. The van der Waals surface area contributed by atoms with Crippen molar-refractivity contribution in [2.45, 2.75) is 12.5 Å². The van der Waals surface area contributed by atoms with E-state index in [1.54, 1.807) is 13.2 Å². The predicted octanol–water partition coefficient (Wildman–Crippen LogP) is 1.29. The summed E-state index contributed by atoms with van der Waals surface area (Å²) in [6.45, 7) is 0.526. The highest BCUT2D eigenvalue weighted by molar-refractivity contribution is 7.12.